The second-order valence-electron chi connectivity index (χ2n) is 10.2. The molecule has 3 saturated heterocycles. The summed E-state index contributed by atoms with van der Waals surface area (Å²) in [6.07, 6.45) is 8.23. The molecule has 9 nitrogen and oxygen atoms in total. The van der Waals surface area contributed by atoms with Crippen LogP contribution in [0, 0.1) is 5.92 Å². The van der Waals surface area contributed by atoms with Gasteiger partial charge in [-0.2, -0.15) is 4.98 Å². The molecule has 3 aromatic heterocycles. The highest BCUT2D eigenvalue weighted by Crippen LogP contribution is 2.39. The summed E-state index contributed by atoms with van der Waals surface area (Å²) in [6.45, 7) is 8.69. The topological polar surface area (TPSA) is 99.5 Å². The molecule has 0 radical (unpaired) electrons. The number of nitrogens with one attached hydrogen (secondary N) is 1. The van der Waals surface area contributed by atoms with Crippen molar-refractivity contribution in [1.82, 2.24) is 19.9 Å². The summed E-state index contributed by atoms with van der Waals surface area (Å²) in [4.78, 5) is 23.3. The number of aromatic nitrogens is 4. The van der Waals surface area contributed by atoms with Crippen LogP contribution in [-0.4, -0.2) is 70.0 Å². The molecular formula is C26H33N7O2. The van der Waals surface area contributed by atoms with Gasteiger partial charge in [-0.3, -0.25) is 0 Å². The van der Waals surface area contributed by atoms with Gasteiger partial charge in [0.1, 0.15) is 17.5 Å². The Morgan fingerprint density at radius 3 is 2.54 bits per heavy atom. The number of hydrogen-bond acceptors (Lipinski definition) is 9. The van der Waals surface area contributed by atoms with E-state index in [1.54, 1.807) is 6.20 Å². The lowest BCUT2D eigenvalue weighted by atomic mass is 9.85. The van der Waals surface area contributed by atoms with Gasteiger partial charge in [0, 0.05) is 55.6 Å². The van der Waals surface area contributed by atoms with E-state index in [2.05, 4.69) is 46.2 Å². The molecule has 3 aromatic rings. The van der Waals surface area contributed by atoms with Crippen LogP contribution in [0.4, 0.5) is 23.4 Å². The van der Waals surface area contributed by atoms with E-state index in [1.807, 2.05) is 12.3 Å². The van der Waals surface area contributed by atoms with Gasteiger partial charge in [0.05, 0.1) is 19.3 Å². The second-order valence-corrected chi connectivity index (χ2v) is 10.2. The Hall–Kier alpha value is -3.04. The molecule has 0 amide bonds. The lowest BCUT2D eigenvalue weighted by Gasteiger charge is -2.40. The fraction of sp³-hybridized carbons (Fsp3) is 0.538. The number of aliphatic hydroxyl groups is 1. The van der Waals surface area contributed by atoms with E-state index in [4.69, 9.17) is 19.7 Å². The maximum absolute atomic E-state index is 9.81. The SMILES string of the molecule is CC1CCN1c1ncc([C@H](C)C2COC2)c2cc(Nc3ccnc(N4CCC(O)CC4)n3)ncc12. The number of piperidine rings is 1. The zero-order chi connectivity index (χ0) is 23.9. The molecule has 2 atom stereocenters. The molecular weight excluding hydrogens is 442 g/mol. The van der Waals surface area contributed by atoms with Gasteiger partial charge in [0.25, 0.3) is 0 Å². The average Bonchev–Trinajstić information content (AvgIpc) is 2.82. The third-order valence-corrected chi connectivity index (χ3v) is 7.88. The van der Waals surface area contributed by atoms with Crippen molar-refractivity contribution in [2.45, 2.75) is 51.2 Å². The number of fused-ring (bicyclic) bond motifs is 1. The second kappa shape index (κ2) is 9.20. The van der Waals surface area contributed by atoms with E-state index >= 15 is 0 Å². The third kappa shape index (κ3) is 4.27. The summed E-state index contributed by atoms with van der Waals surface area (Å²) in [5, 5.41) is 15.5. The van der Waals surface area contributed by atoms with Crippen molar-refractivity contribution >= 4 is 34.2 Å². The average molecular weight is 476 g/mol. The number of anilines is 4. The summed E-state index contributed by atoms with van der Waals surface area (Å²) < 4.78 is 5.48. The molecule has 6 heterocycles. The highest BCUT2D eigenvalue weighted by atomic mass is 16.5. The summed E-state index contributed by atoms with van der Waals surface area (Å²) in [7, 11) is 0. The van der Waals surface area contributed by atoms with Crippen molar-refractivity contribution in [3.05, 3.63) is 36.3 Å². The predicted molar refractivity (Wildman–Crippen MR) is 136 cm³/mol. The Morgan fingerprint density at radius 2 is 1.86 bits per heavy atom. The first-order chi connectivity index (χ1) is 17.1. The first-order valence-electron chi connectivity index (χ1n) is 12.7. The lowest BCUT2D eigenvalue weighted by Crippen LogP contribution is -2.46. The first kappa shape index (κ1) is 22.4. The van der Waals surface area contributed by atoms with Gasteiger partial charge in [-0.25, -0.2) is 15.0 Å². The van der Waals surface area contributed by atoms with Crippen LogP contribution in [0.1, 0.15) is 44.6 Å². The van der Waals surface area contributed by atoms with Gasteiger partial charge in [-0.05, 0) is 55.2 Å². The molecule has 184 valence electrons. The molecule has 0 aromatic carbocycles. The van der Waals surface area contributed by atoms with Crippen LogP contribution >= 0.6 is 0 Å². The van der Waals surface area contributed by atoms with Gasteiger partial charge in [0.2, 0.25) is 5.95 Å². The molecule has 0 bridgehead atoms. The van der Waals surface area contributed by atoms with Crippen LogP contribution in [-0.2, 0) is 4.74 Å². The Morgan fingerprint density at radius 1 is 1.03 bits per heavy atom. The Kier molecular flexibility index (Phi) is 5.89. The zero-order valence-corrected chi connectivity index (χ0v) is 20.4. The minimum absolute atomic E-state index is 0.226. The van der Waals surface area contributed by atoms with Crippen LogP contribution < -0.4 is 15.1 Å². The quantitative estimate of drug-likeness (QED) is 0.555. The molecule has 0 spiro atoms. The zero-order valence-electron chi connectivity index (χ0n) is 20.4. The Labute approximate surface area is 205 Å². The van der Waals surface area contributed by atoms with Crippen molar-refractivity contribution in [1.29, 1.82) is 0 Å². The number of hydrogen-bond donors (Lipinski definition) is 2. The van der Waals surface area contributed by atoms with Gasteiger partial charge < -0.3 is 25.0 Å². The van der Waals surface area contributed by atoms with Crippen molar-refractivity contribution in [3.8, 4) is 0 Å². The van der Waals surface area contributed by atoms with Crippen molar-refractivity contribution in [2.75, 3.05) is 48.0 Å². The summed E-state index contributed by atoms with van der Waals surface area (Å²) in [6, 6.07) is 4.50. The van der Waals surface area contributed by atoms with Gasteiger partial charge >= 0.3 is 0 Å². The van der Waals surface area contributed by atoms with E-state index in [0.29, 0.717) is 29.6 Å². The van der Waals surface area contributed by atoms with Crippen LogP contribution in [0.3, 0.4) is 0 Å². The van der Waals surface area contributed by atoms with Crippen LogP contribution in [0.5, 0.6) is 0 Å². The van der Waals surface area contributed by atoms with Crippen LogP contribution in [0.15, 0.2) is 30.7 Å². The molecule has 3 fully saturated rings. The van der Waals surface area contributed by atoms with Crippen molar-refractivity contribution in [3.63, 3.8) is 0 Å². The number of ether oxygens (including phenoxy) is 1. The predicted octanol–water partition coefficient (Wildman–Crippen LogP) is 3.47. The molecule has 9 heteroatoms. The fourth-order valence-corrected chi connectivity index (χ4v) is 5.20. The van der Waals surface area contributed by atoms with E-state index in [-0.39, 0.29) is 6.10 Å². The molecule has 3 aliphatic rings. The highest BCUT2D eigenvalue weighted by molar-refractivity contribution is 5.96. The number of rotatable bonds is 6. The van der Waals surface area contributed by atoms with Crippen LogP contribution in [0.2, 0.25) is 0 Å². The lowest BCUT2D eigenvalue weighted by molar-refractivity contribution is -0.0422. The summed E-state index contributed by atoms with van der Waals surface area (Å²) >= 11 is 0. The van der Waals surface area contributed by atoms with Gasteiger partial charge in [-0.1, -0.05) is 6.92 Å². The minimum atomic E-state index is -0.226. The Bertz CT molecular complexity index is 1210. The monoisotopic (exact) mass is 475 g/mol. The summed E-state index contributed by atoms with van der Waals surface area (Å²) in [5.74, 6) is 4.04. The molecule has 1 unspecified atom stereocenters. The largest absolute Gasteiger partial charge is 0.393 e. The molecule has 0 aliphatic carbocycles. The van der Waals surface area contributed by atoms with Gasteiger partial charge in [0.15, 0.2) is 0 Å². The number of nitrogens with zero attached hydrogens (tertiary/aromatic N) is 6. The maximum Gasteiger partial charge on any atom is 0.227 e. The molecule has 2 N–H and O–H groups in total. The van der Waals surface area contributed by atoms with E-state index in [1.165, 1.54) is 17.4 Å². The number of aliphatic hydroxyl groups excluding tert-OH is 1. The van der Waals surface area contributed by atoms with Crippen molar-refractivity contribution in [2.24, 2.45) is 5.92 Å². The fourth-order valence-electron chi connectivity index (χ4n) is 5.20. The van der Waals surface area contributed by atoms with Gasteiger partial charge in [-0.15, -0.1) is 0 Å². The van der Waals surface area contributed by atoms with E-state index in [0.717, 1.165) is 62.7 Å². The first-order valence-corrected chi connectivity index (χ1v) is 12.7. The Balaban J connectivity index is 1.32. The standard InChI is InChI=1S/C26H33N7O2/c1-16-4-10-33(16)25-22-13-28-24(11-20(22)21(12-29-25)17(2)18-14-35-15-18)30-23-3-7-27-26(31-23)32-8-5-19(34)6-9-32/h3,7,11-13,16-19,34H,4-6,8-10,14-15H2,1-2H3,(H,27,28,30,31)/t16?,17-/m1/s1. The highest BCUT2D eigenvalue weighted by Gasteiger charge is 2.31. The van der Waals surface area contributed by atoms with E-state index in [9.17, 15) is 5.11 Å². The van der Waals surface area contributed by atoms with Crippen LogP contribution in [0.25, 0.3) is 10.8 Å². The van der Waals surface area contributed by atoms with Crippen molar-refractivity contribution < 1.29 is 9.84 Å². The third-order valence-electron chi connectivity index (χ3n) is 7.88. The van der Waals surface area contributed by atoms with E-state index < -0.39 is 0 Å². The minimum Gasteiger partial charge on any atom is -0.393 e. The molecule has 35 heavy (non-hydrogen) atoms. The normalized spacial score (nSPS) is 22.1. The maximum atomic E-state index is 9.81. The molecule has 3 aliphatic heterocycles. The molecule has 6 rings (SSSR count). The number of pyridine rings is 2. The summed E-state index contributed by atoms with van der Waals surface area (Å²) in [5.41, 5.74) is 1.24. The smallest absolute Gasteiger partial charge is 0.227 e. The molecule has 0 saturated carbocycles.